The topological polar surface area (TPSA) is 97.2 Å². The van der Waals surface area contributed by atoms with Gasteiger partial charge in [-0.2, -0.15) is 4.31 Å². The maximum Gasteiger partial charge on any atom is 0.273 e. The minimum atomic E-state index is -3.23. The summed E-state index contributed by atoms with van der Waals surface area (Å²) in [6.45, 7) is 6.54. The molecule has 1 aliphatic heterocycles. The molecular weight excluding hydrogens is 366 g/mol. The predicted molar refractivity (Wildman–Crippen MR) is 102 cm³/mol. The van der Waals surface area contributed by atoms with Crippen LogP contribution in [-0.4, -0.2) is 52.5 Å². The number of benzene rings is 1. The van der Waals surface area contributed by atoms with E-state index in [0.29, 0.717) is 30.9 Å². The number of hydrogen-bond donors (Lipinski definition) is 1. The Bertz CT molecular complexity index is 967. The Morgan fingerprint density at radius 3 is 2.78 bits per heavy atom. The van der Waals surface area contributed by atoms with Gasteiger partial charge in [-0.05, 0) is 43.9 Å². The number of amides is 1. The van der Waals surface area contributed by atoms with Gasteiger partial charge in [0.15, 0.2) is 5.69 Å². The van der Waals surface area contributed by atoms with Gasteiger partial charge >= 0.3 is 0 Å². The van der Waals surface area contributed by atoms with Crippen molar-refractivity contribution >= 4 is 15.9 Å². The Kier molecular flexibility index (Phi) is 5.34. The van der Waals surface area contributed by atoms with Crippen molar-refractivity contribution in [3.8, 4) is 5.69 Å². The molecular formula is C18H25N5O3S. The molecule has 2 aromatic rings. The second kappa shape index (κ2) is 7.40. The highest BCUT2D eigenvalue weighted by atomic mass is 32.2. The van der Waals surface area contributed by atoms with Crippen LogP contribution in [0.25, 0.3) is 5.69 Å². The Labute approximate surface area is 159 Å². The summed E-state index contributed by atoms with van der Waals surface area (Å²) < 4.78 is 26.8. The van der Waals surface area contributed by atoms with Crippen LogP contribution >= 0.6 is 0 Å². The van der Waals surface area contributed by atoms with E-state index in [2.05, 4.69) is 15.6 Å². The SMILES string of the molecule is CCC(C)NC(=O)c1nnn(-c2cccc3c2CCN(S(C)(=O)=O)C3)c1C. The van der Waals surface area contributed by atoms with Crippen molar-refractivity contribution in [1.29, 1.82) is 0 Å². The third kappa shape index (κ3) is 3.89. The molecule has 8 nitrogen and oxygen atoms in total. The molecule has 0 saturated heterocycles. The van der Waals surface area contributed by atoms with E-state index in [-0.39, 0.29) is 11.9 Å². The van der Waals surface area contributed by atoms with Crippen molar-refractivity contribution in [3.05, 3.63) is 40.7 Å². The van der Waals surface area contributed by atoms with Crippen molar-refractivity contribution in [2.75, 3.05) is 12.8 Å². The summed E-state index contributed by atoms with van der Waals surface area (Å²) in [5.74, 6) is -0.235. The van der Waals surface area contributed by atoms with Crippen molar-refractivity contribution in [3.63, 3.8) is 0 Å². The summed E-state index contributed by atoms with van der Waals surface area (Å²) in [6, 6.07) is 5.79. The Morgan fingerprint density at radius 2 is 2.11 bits per heavy atom. The molecule has 0 spiro atoms. The summed E-state index contributed by atoms with van der Waals surface area (Å²) in [6.07, 6.45) is 2.65. The number of nitrogens with zero attached hydrogens (tertiary/aromatic N) is 4. The molecule has 27 heavy (non-hydrogen) atoms. The lowest BCUT2D eigenvalue weighted by molar-refractivity contribution is 0.0933. The average molecular weight is 391 g/mol. The van der Waals surface area contributed by atoms with Crippen LogP contribution in [-0.2, 0) is 23.0 Å². The maximum absolute atomic E-state index is 12.4. The summed E-state index contributed by atoms with van der Waals surface area (Å²) in [5.41, 5.74) is 3.80. The van der Waals surface area contributed by atoms with Crippen molar-refractivity contribution in [2.24, 2.45) is 0 Å². The number of hydrogen-bond acceptors (Lipinski definition) is 5. The van der Waals surface area contributed by atoms with E-state index in [1.807, 2.05) is 39.0 Å². The summed E-state index contributed by atoms with van der Waals surface area (Å²) >= 11 is 0. The molecule has 146 valence electrons. The first-order valence-electron chi connectivity index (χ1n) is 9.01. The highest BCUT2D eigenvalue weighted by Crippen LogP contribution is 2.27. The molecule has 9 heteroatoms. The summed E-state index contributed by atoms with van der Waals surface area (Å²) in [4.78, 5) is 12.4. The fourth-order valence-electron chi connectivity index (χ4n) is 3.21. The van der Waals surface area contributed by atoms with E-state index < -0.39 is 10.0 Å². The van der Waals surface area contributed by atoms with E-state index in [1.54, 1.807) is 4.68 Å². The van der Waals surface area contributed by atoms with Crippen LogP contribution < -0.4 is 5.32 Å². The van der Waals surface area contributed by atoms with Gasteiger partial charge in [0.2, 0.25) is 10.0 Å². The first-order chi connectivity index (χ1) is 12.7. The fourth-order valence-corrected chi connectivity index (χ4v) is 4.00. The molecule has 1 amide bonds. The molecule has 1 N–H and O–H groups in total. The summed E-state index contributed by atoms with van der Waals surface area (Å²) in [7, 11) is -3.23. The van der Waals surface area contributed by atoms with Gasteiger partial charge in [0.25, 0.3) is 5.91 Å². The zero-order valence-corrected chi connectivity index (χ0v) is 16.9. The van der Waals surface area contributed by atoms with E-state index in [9.17, 15) is 13.2 Å². The van der Waals surface area contributed by atoms with Gasteiger partial charge in [-0.25, -0.2) is 13.1 Å². The van der Waals surface area contributed by atoms with Crippen molar-refractivity contribution < 1.29 is 13.2 Å². The lowest BCUT2D eigenvalue weighted by Crippen LogP contribution is -2.35. The van der Waals surface area contributed by atoms with Gasteiger partial charge in [0.05, 0.1) is 17.6 Å². The molecule has 0 aliphatic carbocycles. The van der Waals surface area contributed by atoms with Gasteiger partial charge in [-0.15, -0.1) is 5.10 Å². The average Bonchev–Trinajstić information content (AvgIpc) is 3.01. The zero-order valence-electron chi connectivity index (χ0n) is 16.1. The smallest absolute Gasteiger partial charge is 0.273 e. The van der Waals surface area contributed by atoms with Crippen LogP contribution in [0.15, 0.2) is 18.2 Å². The first kappa shape index (κ1) is 19.5. The highest BCUT2D eigenvalue weighted by Gasteiger charge is 2.26. The molecule has 1 aliphatic rings. The van der Waals surface area contributed by atoms with Gasteiger partial charge in [-0.1, -0.05) is 24.3 Å². The highest BCUT2D eigenvalue weighted by molar-refractivity contribution is 7.88. The van der Waals surface area contributed by atoms with E-state index >= 15 is 0 Å². The van der Waals surface area contributed by atoms with E-state index in [1.165, 1.54) is 10.6 Å². The quantitative estimate of drug-likeness (QED) is 0.831. The maximum atomic E-state index is 12.4. The number of fused-ring (bicyclic) bond motifs is 1. The molecule has 2 heterocycles. The van der Waals surface area contributed by atoms with Gasteiger partial charge in [0.1, 0.15) is 0 Å². The van der Waals surface area contributed by atoms with Crippen molar-refractivity contribution in [1.82, 2.24) is 24.6 Å². The number of carbonyl (C=O) groups excluding carboxylic acids is 1. The molecule has 1 aromatic carbocycles. The fraction of sp³-hybridized carbons (Fsp3) is 0.500. The van der Waals surface area contributed by atoms with Crippen LogP contribution in [0.1, 0.15) is 47.6 Å². The van der Waals surface area contributed by atoms with Gasteiger partial charge in [0, 0.05) is 19.1 Å². The number of sulfonamides is 1. The second-order valence-corrected chi connectivity index (χ2v) is 8.96. The van der Waals surface area contributed by atoms with Crippen LogP contribution in [0.5, 0.6) is 0 Å². The minimum absolute atomic E-state index is 0.0634. The molecule has 1 aromatic heterocycles. The number of rotatable bonds is 5. The van der Waals surface area contributed by atoms with Crippen LogP contribution in [0.3, 0.4) is 0 Å². The molecule has 0 radical (unpaired) electrons. The first-order valence-corrected chi connectivity index (χ1v) is 10.9. The second-order valence-electron chi connectivity index (χ2n) is 6.98. The van der Waals surface area contributed by atoms with Crippen LogP contribution in [0.4, 0.5) is 0 Å². The monoisotopic (exact) mass is 391 g/mol. The Balaban J connectivity index is 1.94. The lowest BCUT2D eigenvalue weighted by atomic mass is 9.99. The third-order valence-corrected chi connectivity index (χ3v) is 6.25. The van der Waals surface area contributed by atoms with E-state index in [0.717, 1.165) is 23.2 Å². The molecule has 0 bridgehead atoms. The minimum Gasteiger partial charge on any atom is -0.348 e. The molecule has 1 atom stereocenters. The van der Waals surface area contributed by atoms with E-state index in [4.69, 9.17) is 0 Å². The third-order valence-electron chi connectivity index (χ3n) is 5.00. The van der Waals surface area contributed by atoms with Gasteiger partial charge < -0.3 is 5.32 Å². The molecule has 1 unspecified atom stereocenters. The van der Waals surface area contributed by atoms with Gasteiger partial charge in [-0.3, -0.25) is 4.79 Å². The predicted octanol–water partition coefficient (Wildman–Crippen LogP) is 1.42. The van der Waals surface area contributed by atoms with Crippen LogP contribution in [0, 0.1) is 6.92 Å². The molecule has 0 saturated carbocycles. The zero-order chi connectivity index (χ0) is 19.8. The van der Waals surface area contributed by atoms with Crippen LogP contribution in [0.2, 0.25) is 0 Å². The molecule has 3 rings (SSSR count). The largest absolute Gasteiger partial charge is 0.348 e. The Morgan fingerprint density at radius 1 is 1.37 bits per heavy atom. The number of nitrogens with one attached hydrogen (secondary N) is 1. The number of aromatic nitrogens is 3. The normalized spacial score (nSPS) is 16.0. The number of carbonyl (C=O) groups is 1. The standard InChI is InChI=1S/C18H25N5O3S/c1-5-12(2)19-18(24)17-13(3)23(21-20-17)16-8-6-7-14-11-22(27(4,25)26)10-9-15(14)16/h6-8,12H,5,9-11H2,1-4H3,(H,19,24). The lowest BCUT2D eigenvalue weighted by Gasteiger charge is -2.28. The van der Waals surface area contributed by atoms with Crippen molar-refractivity contribution in [2.45, 2.75) is 46.2 Å². The Hall–Kier alpha value is -2.26. The summed E-state index contributed by atoms with van der Waals surface area (Å²) in [5, 5.41) is 11.2. The molecule has 0 fully saturated rings.